The second-order valence-electron chi connectivity index (χ2n) is 4.26. The van der Waals surface area contributed by atoms with Crippen molar-refractivity contribution in [3.8, 4) is 0 Å². The van der Waals surface area contributed by atoms with Gasteiger partial charge in [-0.05, 0) is 24.8 Å². The van der Waals surface area contributed by atoms with Crippen LogP contribution in [0.15, 0.2) is 30.3 Å². The topological polar surface area (TPSA) is 35.5 Å². The third-order valence-electron chi connectivity index (χ3n) is 2.65. The number of ether oxygens (including phenoxy) is 2. The molecule has 1 atom stereocenters. The molecule has 1 aromatic rings. The van der Waals surface area contributed by atoms with Gasteiger partial charge in [-0.2, -0.15) is 0 Å². The van der Waals surface area contributed by atoms with E-state index in [9.17, 15) is 4.79 Å². The number of unbranched alkanes of at least 4 members (excludes halogenated alkanes) is 1. The summed E-state index contributed by atoms with van der Waals surface area (Å²) in [5, 5.41) is 0. The Kier molecular flexibility index (Phi) is 6.92. The summed E-state index contributed by atoms with van der Waals surface area (Å²) in [6, 6.07) is 9.82. The van der Waals surface area contributed by atoms with Crippen LogP contribution in [0.25, 0.3) is 0 Å². The van der Waals surface area contributed by atoms with Gasteiger partial charge in [0.15, 0.2) is 0 Å². The molecule has 0 amide bonds. The van der Waals surface area contributed by atoms with Gasteiger partial charge in [0.1, 0.15) is 6.10 Å². The van der Waals surface area contributed by atoms with Gasteiger partial charge < -0.3 is 9.47 Å². The molecule has 18 heavy (non-hydrogen) atoms. The van der Waals surface area contributed by atoms with Crippen molar-refractivity contribution in [2.45, 2.75) is 45.6 Å². The van der Waals surface area contributed by atoms with Crippen molar-refractivity contribution in [2.24, 2.45) is 0 Å². The lowest BCUT2D eigenvalue weighted by molar-refractivity contribution is 0.0192. The Bertz CT molecular complexity index is 335. The van der Waals surface area contributed by atoms with Gasteiger partial charge in [0.2, 0.25) is 0 Å². The minimum absolute atomic E-state index is 0.199. The lowest BCUT2D eigenvalue weighted by Crippen LogP contribution is -2.13. The molecule has 3 heteroatoms. The molecule has 0 aliphatic rings. The van der Waals surface area contributed by atoms with Crippen LogP contribution < -0.4 is 0 Å². The highest BCUT2D eigenvalue weighted by Gasteiger charge is 2.16. The van der Waals surface area contributed by atoms with Crippen molar-refractivity contribution in [1.29, 1.82) is 0 Å². The molecule has 1 unspecified atom stereocenters. The van der Waals surface area contributed by atoms with Gasteiger partial charge in [-0.1, -0.05) is 50.6 Å². The first kappa shape index (κ1) is 14.6. The normalized spacial score (nSPS) is 11.9. The van der Waals surface area contributed by atoms with Gasteiger partial charge in [-0.25, -0.2) is 4.79 Å². The Morgan fingerprint density at radius 3 is 2.50 bits per heavy atom. The van der Waals surface area contributed by atoms with Gasteiger partial charge in [0.25, 0.3) is 0 Å². The molecular formula is C15H22O3. The van der Waals surface area contributed by atoms with Gasteiger partial charge in [0.05, 0.1) is 6.61 Å². The smallest absolute Gasteiger partial charge is 0.434 e. The van der Waals surface area contributed by atoms with Crippen LogP contribution in [-0.4, -0.2) is 12.8 Å². The predicted molar refractivity (Wildman–Crippen MR) is 71.4 cm³/mol. The van der Waals surface area contributed by atoms with Crippen molar-refractivity contribution in [1.82, 2.24) is 0 Å². The second kappa shape index (κ2) is 8.56. The zero-order chi connectivity index (χ0) is 13.2. The highest BCUT2D eigenvalue weighted by atomic mass is 16.7. The van der Waals surface area contributed by atoms with Crippen LogP contribution >= 0.6 is 0 Å². The Labute approximate surface area is 109 Å². The highest BCUT2D eigenvalue weighted by molar-refractivity contribution is 5.60. The van der Waals surface area contributed by atoms with E-state index >= 15 is 0 Å². The number of rotatable bonds is 7. The lowest BCUT2D eigenvalue weighted by Gasteiger charge is -2.17. The van der Waals surface area contributed by atoms with E-state index in [0.717, 1.165) is 31.2 Å². The fourth-order valence-electron chi connectivity index (χ4n) is 1.69. The molecule has 0 saturated heterocycles. The maximum atomic E-state index is 11.5. The Balaban J connectivity index is 2.58. The number of benzene rings is 1. The molecule has 0 N–H and O–H groups in total. The van der Waals surface area contributed by atoms with Crippen molar-refractivity contribution in [2.75, 3.05) is 6.61 Å². The minimum atomic E-state index is -0.568. The Morgan fingerprint density at radius 1 is 1.17 bits per heavy atom. The molecule has 1 rings (SSSR count). The summed E-state index contributed by atoms with van der Waals surface area (Å²) in [6.45, 7) is 4.49. The summed E-state index contributed by atoms with van der Waals surface area (Å²) in [4.78, 5) is 11.5. The molecule has 1 aromatic carbocycles. The minimum Gasteiger partial charge on any atom is -0.434 e. The summed E-state index contributed by atoms with van der Waals surface area (Å²) in [5.41, 5.74) is 1.03. The fraction of sp³-hybridized carbons (Fsp3) is 0.533. The first-order valence-corrected chi connectivity index (χ1v) is 6.66. The molecule has 0 saturated carbocycles. The first-order valence-electron chi connectivity index (χ1n) is 6.66. The average molecular weight is 250 g/mol. The average Bonchev–Trinajstić information content (AvgIpc) is 2.42. The largest absolute Gasteiger partial charge is 0.508 e. The van der Waals surface area contributed by atoms with Gasteiger partial charge in [-0.15, -0.1) is 0 Å². The molecule has 0 aliphatic heterocycles. The number of carbonyl (C=O) groups is 1. The van der Waals surface area contributed by atoms with Crippen molar-refractivity contribution < 1.29 is 14.3 Å². The Hall–Kier alpha value is -1.51. The molecule has 0 fully saturated rings. The third kappa shape index (κ3) is 5.21. The summed E-state index contributed by atoms with van der Waals surface area (Å²) < 4.78 is 10.3. The van der Waals surface area contributed by atoms with E-state index in [4.69, 9.17) is 9.47 Å². The molecule has 100 valence electrons. The van der Waals surface area contributed by atoms with E-state index in [1.54, 1.807) is 0 Å². The summed E-state index contributed by atoms with van der Waals surface area (Å²) in [5.74, 6) is 0. The number of hydrogen-bond acceptors (Lipinski definition) is 3. The van der Waals surface area contributed by atoms with Crippen LogP contribution in [0, 0.1) is 0 Å². The number of carbonyl (C=O) groups excluding carboxylic acids is 1. The third-order valence-corrected chi connectivity index (χ3v) is 2.65. The van der Waals surface area contributed by atoms with Crippen molar-refractivity contribution in [3.05, 3.63) is 35.9 Å². The summed E-state index contributed by atoms with van der Waals surface area (Å²) in [7, 11) is 0. The molecule has 0 radical (unpaired) electrons. The van der Waals surface area contributed by atoms with Crippen LogP contribution in [0.3, 0.4) is 0 Å². The lowest BCUT2D eigenvalue weighted by atomic mass is 10.0. The van der Waals surface area contributed by atoms with Crippen LogP contribution in [0.5, 0.6) is 0 Å². The van der Waals surface area contributed by atoms with E-state index in [1.165, 1.54) is 0 Å². The number of hydrogen-bond donors (Lipinski definition) is 0. The quantitative estimate of drug-likeness (QED) is 0.669. The SMILES string of the molecule is CCCCC(OC(=O)OCCC)c1ccccc1. The van der Waals surface area contributed by atoms with Gasteiger partial charge in [-0.3, -0.25) is 0 Å². The fourth-order valence-corrected chi connectivity index (χ4v) is 1.69. The van der Waals surface area contributed by atoms with Crippen LogP contribution in [0.2, 0.25) is 0 Å². The van der Waals surface area contributed by atoms with Crippen molar-refractivity contribution >= 4 is 6.16 Å². The Morgan fingerprint density at radius 2 is 1.89 bits per heavy atom. The molecule has 0 spiro atoms. The second-order valence-corrected chi connectivity index (χ2v) is 4.26. The molecular weight excluding hydrogens is 228 g/mol. The molecule has 0 aliphatic carbocycles. The molecule has 0 aromatic heterocycles. The monoisotopic (exact) mass is 250 g/mol. The maximum absolute atomic E-state index is 11.5. The summed E-state index contributed by atoms with van der Waals surface area (Å²) >= 11 is 0. The van der Waals surface area contributed by atoms with E-state index < -0.39 is 6.16 Å². The molecule has 0 bridgehead atoms. The van der Waals surface area contributed by atoms with Gasteiger partial charge in [0, 0.05) is 0 Å². The van der Waals surface area contributed by atoms with Crippen LogP contribution in [0.1, 0.15) is 51.2 Å². The summed E-state index contributed by atoms with van der Waals surface area (Å²) in [6.07, 6.45) is 2.98. The zero-order valence-electron chi connectivity index (χ0n) is 11.2. The standard InChI is InChI=1S/C15H22O3/c1-3-5-11-14(13-9-7-6-8-10-13)18-15(16)17-12-4-2/h6-10,14H,3-5,11-12H2,1-2H3. The van der Waals surface area contributed by atoms with E-state index in [-0.39, 0.29) is 6.10 Å². The molecule has 3 nitrogen and oxygen atoms in total. The predicted octanol–water partition coefficient (Wildman–Crippen LogP) is 4.48. The van der Waals surface area contributed by atoms with Crippen LogP contribution in [0.4, 0.5) is 4.79 Å². The molecule has 0 heterocycles. The van der Waals surface area contributed by atoms with E-state index in [0.29, 0.717) is 6.61 Å². The van der Waals surface area contributed by atoms with Gasteiger partial charge >= 0.3 is 6.16 Å². The van der Waals surface area contributed by atoms with E-state index in [2.05, 4.69) is 6.92 Å². The first-order chi connectivity index (χ1) is 8.77. The maximum Gasteiger partial charge on any atom is 0.508 e. The van der Waals surface area contributed by atoms with E-state index in [1.807, 2.05) is 37.3 Å². The van der Waals surface area contributed by atoms with Crippen LogP contribution in [-0.2, 0) is 9.47 Å². The van der Waals surface area contributed by atoms with Crippen molar-refractivity contribution in [3.63, 3.8) is 0 Å². The zero-order valence-corrected chi connectivity index (χ0v) is 11.2. The highest BCUT2D eigenvalue weighted by Crippen LogP contribution is 2.23.